The van der Waals surface area contributed by atoms with Gasteiger partial charge in [-0.05, 0) is 30.2 Å². The number of aromatic amines is 1. The van der Waals surface area contributed by atoms with Crippen LogP contribution in [0.5, 0.6) is 0 Å². The highest BCUT2D eigenvalue weighted by atomic mass is 35.5. The summed E-state index contributed by atoms with van der Waals surface area (Å²) in [5.41, 5.74) is 1.51. The van der Waals surface area contributed by atoms with Crippen molar-refractivity contribution in [3.05, 3.63) is 58.6 Å². The standard InChI is InChI=1S/C14H12ClFN2O/c15-9-5-13(17-7-9)14(19)18-12-6-11(12)8-1-3-10(16)4-2-8/h1-5,7,11-12,17H,6H2,(H,18,19)/t11-,12+/m0/s1. The summed E-state index contributed by atoms with van der Waals surface area (Å²) in [4.78, 5) is 14.7. The second kappa shape index (κ2) is 4.70. The largest absolute Gasteiger partial charge is 0.356 e. The summed E-state index contributed by atoms with van der Waals surface area (Å²) >= 11 is 5.75. The Morgan fingerprint density at radius 2 is 2.11 bits per heavy atom. The summed E-state index contributed by atoms with van der Waals surface area (Å²) in [6.45, 7) is 0. The molecule has 1 saturated carbocycles. The molecular weight excluding hydrogens is 267 g/mol. The van der Waals surface area contributed by atoms with E-state index >= 15 is 0 Å². The van der Waals surface area contributed by atoms with Crippen molar-refractivity contribution >= 4 is 17.5 Å². The maximum atomic E-state index is 12.8. The molecule has 0 saturated heterocycles. The Labute approximate surface area is 114 Å². The van der Waals surface area contributed by atoms with Gasteiger partial charge < -0.3 is 10.3 Å². The lowest BCUT2D eigenvalue weighted by atomic mass is 10.1. The SMILES string of the molecule is O=C(N[C@@H]1C[C@H]1c1ccc(F)cc1)c1cc(Cl)c[nH]1. The average Bonchev–Trinajstić information content (AvgIpc) is 3.00. The molecule has 1 aliphatic carbocycles. The predicted molar refractivity (Wildman–Crippen MR) is 70.8 cm³/mol. The quantitative estimate of drug-likeness (QED) is 0.890. The normalized spacial score (nSPS) is 21.2. The zero-order valence-electron chi connectivity index (χ0n) is 9.99. The number of aromatic nitrogens is 1. The summed E-state index contributed by atoms with van der Waals surface area (Å²) in [5.74, 6) is -0.137. The van der Waals surface area contributed by atoms with Gasteiger partial charge >= 0.3 is 0 Å². The second-order valence-corrected chi connectivity index (χ2v) is 5.14. The second-order valence-electron chi connectivity index (χ2n) is 4.71. The first kappa shape index (κ1) is 12.2. The molecule has 1 amide bonds. The van der Waals surface area contributed by atoms with E-state index in [-0.39, 0.29) is 23.7 Å². The van der Waals surface area contributed by atoms with E-state index < -0.39 is 0 Å². The molecule has 1 fully saturated rings. The average molecular weight is 279 g/mol. The number of hydrogen-bond acceptors (Lipinski definition) is 1. The summed E-state index contributed by atoms with van der Waals surface area (Å²) in [5, 5.41) is 3.43. The van der Waals surface area contributed by atoms with Crippen LogP contribution in [0.15, 0.2) is 36.5 Å². The number of nitrogens with one attached hydrogen (secondary N) is 2. The van der Waals surface area contributed by atoms with Crippen LogP contribution in [0.3, 0.4) is 0 Å². The fourth-order valence-electron chi connectivity index (χ4n) is 2.18. The summed E-state index contributed by atoms with van der Waals surface area (Å²) < 4.78 is 12.8. The number of carbonyl (C=O) groups excluding carboxylic acids is 1. The molecule has 1 aromatic heterocycles. The molecule has 0 unspecified atom stereocenters. The van der Waals surface area contributed by atoms with Gasteiger partial charge in [0.15, 0.2) is 0 Å². The molecule has 1 aliphatic rings. The van der Waals surface area contributed by atoms with E-state index in [1.165, 1.54) is 12.1 Å². The molecule has 0 bridgehead atoms. The molecule has 19 heavy (non-hydrogen) atoms. The molecule has 1 aromatic carbocycles. The number of halogens is 2. The van der Waals surface area contributed by atoms with Gasteiger partial charge in [0.1, 0.15) is 11.5 Å². The molecule has 98 valence electrons. The zero-order chi connectivity index (χ0) is 13.4. The van der Waals surface area contributed by atoms with Gasteiger partial charge in [0.05, 0.1) is 5.02 Å². The molecule has 1 heterocycles. The summed E-state index contributed by atoms with van der Waals surface area (Å²) in [7, 11) is 0. The molecule has 0 spiro atoms. The molecule has 2 atom stereocenters. The van der Waals surface area contributed by atoms with Gasteiger partial charge in [0.25, 0.3) is 5.91 Å². The first-order valence-corrected chi connectivity index (χ1v) is 6.41. The molecule has 0 radical (unpaired) electrons. The van der Waals surface area contributed by atoms with E-state index in [1.807, 2.05) is 0 Å². The van der Waals surface area contributed by atoms with Crippen LogP contribution in [0.2, 0.25) is 5.02 Å². The Bertz CT molecular complexity index is 608. The number of amides is 1. The topological polar surface area (TPSA) is 44.9 Å². The predicted octanol–water partition coefficient (Wildman–Crippen LogP) is 3.09. The molecule has 2 N–H and O–H groups in total. The lowest BCUT2D eigenvalue weighted by molar-refractivity contribution is 0.0946. The Hall–Kier alpha value is -1.81. The Kier molecular flexibility index (Phi) is 3.03. The van der Waals surface area contributed by atoms with E-state index in [0.717, 1.165) is 12.0 Å². The highest BCUT2D eigenvalue weighted by molar-refractivity contribution is 6.30. The first-order chi connectivity index (χ1) is 9.13. The smallest absolute Gasteiger partial charge is 0.267 e. The fraction of sp³-hybridized carbons (Fsp3) is 0.214. The van der Waals surface area contributed by atoms with Crippen molar-refractivity contribution in [2.75, 3.05) is 0 Å². The van der Waals surface area contributed by atoms with Crippen molar-refractivity contribution in [2.45, 2.75) is 18.4 Å². The number of rotatable bonds is 3. The van der Waals surface area contributed by atoms with Crippen LogP contribution in [0, 0.1) is 5.82 Å². The Balaban J connectivity index is 1.61. The van der Waals surface area contributed by atoms with Crippen LogP contribution in [0.25, 0.3) is 0 Å². The van der Waals surface area contributed by atoms with E-state index in [1.54, 1.807) is 24.4 Å². The molecule has 5 heteroatoms. The summed E-state index contributed by atoms with van der Waals surface area (Å²) in [6.07, 6.45) is 2.45. The fourth-order valence-corrected chi connectivity index (χ4v) is 2.34. The zero-order valence-corrected chi connectivity index (χ0v) is 10.7. The van der Waals surface area contributed by atoms with E-state index in [0.29, 0.717) is 10.7 Å². The van der Waals surface area contributed by atoms with Crippen molar-refractivity contribution in [1.82, 2.24) is 10.3 Å². The molecule has 0 aliphatic heterocycles. The molecule has 3 nitrogen and oxygen atoms in total. The van der Waals surface area contributed by atoms with E-state index in [9.17, 15) is 9.18 Å². The molecule has 3 rings (SSSR count). The van der Waals surface area contributed by atoms with Gasteiger partial charge in [-0.25, -0.2) is 4.39 Å². The third-order valence-electron chi connectivity index (χ3n) is 3.30. The van der Waals surface area contributed by atoms with Gasteiger partial charge in [0, 0.05) is 18.2 Å². The Morgan fingerprint density at radius 1 is 1.37 bits per heavy atom. The van der Waals surface area contributed by atoms with Crippen LogP contribution < -0.4 is 5.32 Å². The lowest BCUT2D eigenvalue weighted by Crippen LogP contribution is -2.26. The summed E-state index contributed by atoms with van der Waals surface area (Å²) in [6, 6.07) is 8.11. The van der Waals surface area contributed by atoms with Gasteiger partial charge in [0.2, 0.25) is 0 Å². The van der Waals surface area contributed by atoms with E-state index in [2.05, 4.69) is 10.3 Å². The number of hydrogen-bond donors (Lipinski definition) is 2. The van der Waals surface area contributed by atoms with Crippen molar-refractivity contribution < 1.29 is 9.18 Å². The van der Waals surface area contributed by atoms with Crippen LogP contribution in [0.4, 0.5) is 4.39 Å². The third kappa shape index (κ3) is 2.63. The monoisotopic (exact) mass is 278 g/mol. The van der Waals surface area contributed by atoms with Crippen molar-refractivity contribution in [3.63, 3.8) is 0 Å². The first-order valence-electron chi connectivity index (χ1n) is 6.04. The van der Waals surface area contributed by atoms with Crippen LogP contribution in [0.1, 0.15) is 28.4 Å². The molecule has 2 aromatic rings. The Morgan fingerprint density at radius 3 is 2.74 bits per heavy atom. The number of carbonyl (C=O) groups is 1. The van der Waals surface area contributed by atoms with Crippen molar-refractivity contribution in [1.29, 1.82) is 0 Å². The minimum Gasteiger partial charge on any atom is -0.356 e. The van der Waals surface area contributed by atoms with E-state index in [4.69, 9.17) is 11.6 Å². The minimum absolute atomic E-state index is 0.111. The van der Waals surface area contributed by atoms with Crippen LogP contribution in [-0.2, 0) is 0 Å². The highest BCUT2D eigenvalue weighted by Gasteiger charge is 2.39. The maximum Gasteiger partial charge on any atom is 0.267 e. The minimum atomic E-state index is -0.244. The van der Waals surface area contributed by atoms with Gasteiger partial charge in [-0.15, -0.1) is 0 Å². The van der Waals surface area contributed by atoms with Gasteiger partial charge in [-0.1, -0.05) is 23.7 Å². The molecular formula is C14H12ClFN2O. The lowest BCUT2D eigenvalue weighted by Gasteiger charge is -2.03. The number of benzene rings is 1. The highest BCUT2D eigenvalue weighted by Crippen LogP contribution is 2.40. The van der Waals surface area contributed by atoms with Gasteiger partial charge in [-0.2, -0.15) is 0 Å². The van der Waals surface area contributed by atoms with Gasteiger partial charge in [-0.3, -0.25) is 4.79 Å². The van der Waals surface area contributed by atoms with Crippen LogP contribution in [-0.4, -0.2) is 16.9 Å². The van der Waals surface area contributed by atoms with Crippen molar-refractivity contribution in [2.24, 2.45) is 0 Å². The maximum absolute atomic E-state index is 12.8. The van der Waals surface area contributed by atoms with Crippen molar-refractivity contribution in [3.8, 4) is 0 Å². The third-order valence-corrected chi connectivity index (χ3v) is 3.52. The van der Waals surface area contributed by atoms with Crippen LogP contribution >= 0.6 is 11.6 Å². The number of H-pyrrole nitrogens is 1.